The Hall–Kier alpha value is -2.63. The Morgan fingerprint density at radius 1 is 1.33 bits per heavy atom. The summed E-state index contributed by atoms with van der Waals surface area (Å²) in [6.07, 6.45) is 2.62. The predicted octanol–water partition coefficient (Wildman–Crippen LogP) is 3.54. The highest BCUT2D eigenvalue weighted by Crippen LogP contribution is 2.34. The number of hydrogen-bond donors (Lipinski definition) is 3. The molecule has 5 nitrogen and oxygen atoms in total. The number of nitrogens with one attached hydrogen (secondary N) is 2. The topological polar surface area (TPSA) is 80.0 Å². The summed E-state index contributed by atoms with van der Waals surface area (Å²) >= 11 is 6.41. The van der Waals surface area contributed by atoms with Gasteiger partial charge in [0, 0.05) is 34.8 Å². The van der Waals surface area contributed by atoms with Crippen LogP contribution in [0.5, 0.6) is 0 Å². The van der Waals surface area contributed by atoms with Gasteiger partial charge in [0.25, 0.3) is 5.91 Å². The van der Waals surface area contributed by atoms with Crippen molar-refractivity contribution in [1.29, 1.82) is 0 Å². The lowest BCUT2D eigenvalue weighted by Crippen LogP contribution is -2.36. The second-order valence-electron chi connectivity index (χ2n) is 6.92. The SMILES string of the molecule is Cc1cccc(Cl)c1-c1ccc2c(C(=O)NC3CCNC3)c(N)ncc2c1. The fourth-order valence-electron chi connectivity index (χ4n) is 3.67. The Labute approximate surface area is 162 Å². The minimum absolute atomic E-state index is 0.122. The fraction of sp³-hybridized carbons (Fsp3) is 0.238. The highest BCUT2D eigenvalue weighted by Gasteiger charge is 2.21. The molecule has 6 heteroatoms. The Morgan fingerprint density at radius 2 is 2.19 bits per heavy atom. The molecule has 27 heavy (non-hydrogen) atoms. The van der Waals surface area contributed by atoms with Crippen LogP contribution in [0.1, 0.15) is 22.3 Å². The van der Waals surface area contributed by atoms with Gasteiger partial charge in [-0.3, -0.25) is 4.79 Å². The van der Waals surface area contributed by atoms with Gasteiger partial charge in [-0.05, 0) is 48.5 Å². The second kappa shape index (κ2) is 7.18. The van der Waals surface area contributed by atoms with Gasteiger partial charge in [-0.1, -0.05) is 35.9 Å². The zero-order chi connectivity index (χ0) is 19.0. The summed E-state index contributed by atoms with van der Waals surface area (Å²) in [6.45, 7) is 3.72. The first-order valence-electron chi connectivity index (χ1n) is 9.00. The number of aryl methyl sites for hydroxylation is 1. The molecule has 4 rings (SSSR count). The highest BCUT2D eigenvalue weighted by molar-refractivity contribution is 6.33. The molecule has 138 valence electrons. The van der Waals surface area contributed by atoms with Crippen molar-refractivity contribution >= 4 is 34.1 Å². The summed E-state index contributed by atoms with van der Waals surface area (Å²) in [6, 6.07) is 11.9. The molecule has 1 saturated heterocycles. The van der Waals surface area contributed by atoms with Crippen LogP contribution in [0.3, 0.4) is 0 Å². The van der Waals surface area contributed by atoms with E-state index in [4.69, 9.17) is 17.3 Å². The molecule has 1 fully saturated rings. The zero-order valence-corrected chi connectivity index (χ0v) is 15.8. The predicted molar refractivity (Wildman–Crippen MR) is 110 cm³/mol. The fourth-order valence-corrected chi connectivity index (χ4v) is 4.00. The minimum Gasteiger partial charge on any atom is -0.383 e. The summed E-state index contributed by atoms with van der Waals surface area (Å²) < 4.78 is 0. The van der Waals surface area contributed by atoms with Gasteiger partial charge in [-0.15, -0.1) is 0 Å². The molecule has 1 unspecified atom stereocenters. The summed E-state index contributed by atoms with van der Waals surface area (Å²) in [7, 11) is 0. The zero-order valence-electron chi connectivity index (χ0n) is 15.1. The van der Waals surface area contributed by atoms with Crippen molar-refractivity contribution in [3.63, 3.8) is 0 Å². The number of pyridine rings is 1. The van der Waals surface area contributed by atoms with E-state index >= 15 is 0 Å². The lowest BCUT2D eigenvalue weighted by Gasteiger charge is -2.15. The molecule has 1 atom stereocenters. The van der Waals surface area contributed by atoms with Crippen LogP contribution in [-0.4, -0.2) is 30.0 Å². The van der Waals surface area contributed by atoms with Crippen molar-refractivity contribution in [3.8, 4) is 11.1 Å². The van der Waals surface area contributed by atoms with Crippen molar-refractivity contribution in [3.05, 3.63) is 58.7 Å². The molecule has 2 heterocycles. The number of rotatable bonds is 3. The van der Waals surface area contributed by atoms with Crippen LogP contribution in [0.4, 0.5) is 5.82 Å². The number of amides is 1. The monoisotopic (exact) mass is 380 g/mol. The molecular weight excluding hydrogens is 360 g/mol. The normalized spacial score (nSPS) is 16.6. The average molecular weight is 381 g/mol. The van der Waals surface area contributed by atoms with Crippen molar-refractivity contribution in [1.82, 2.24) is 15.6 Å². The Morgan fingerprint density at radius 3 is 2.93 bits per heavy atom. The molecule has 0 saturated carbocycles. The molecule has 2 aromatic carbocycles. The molecule has 0 bridgehead atoms. The summed E-state index contributed by atoms with van der Waals surface area (Å²) in [4.78, 5) is 17.1. The summed E-state index contributed by atoms with van der Waals surface area (Å²) in [5, 5.41) is 8.64. The van der Waals surface area contributed by atoms with Crippen molar-refractivity contribution in [2.45, 2.75) is 19.4 Å². The van der Waals surface area contributed by atoms with E-state index < -0.39 is 0 Å². The second-order valence-corrected chi connectivity index (χ2v) is 7.32. The molecule has 4 N–H and O–H groups in total. The van der Waals surface area contributed by atoms with Crippen LogP contribution < -0.4 is 16.4 Å². The third-order valence-electron chi connectivity index (χ3n) is 5.05. The van der Waals surface area contributed by atoms with Gasteiger partial charge in [-0.25, -0.2) is 4.98 Å². The minimum atomic E-state index is -0.180. The number of nitrogens with zero attached hydrogens (tertiary/aromatic N) is 1. The first kappa shape index (κ1) is 17.8. The van der Waals surface area contributed by atoms with E-state index in [2.05, 4.69) is 15.6 Å². The van der Waals surface area contributed by atoms with Gasteiger partial charge in [0.05, 0.1) is 5.56 Å². The first-order chi connectivity index (χ1) is 13.0. The van der Waals surface area contributed by atoms with Crippen LogP contribution in [0.25, 0.3) is 21.9 Å². The van der Waals surface area contributed by atoms with E-state index in [-0.39, 0.29) is 17.8 Å². The number of nitrogens with two attached hydrogens (primary N) is 1. The van der Waals surface area contributed by atoms with Crippen LogP contribution in [0.15, 0.2) is 42.6 Å². The summed E-state index contributed by atoms with van der Waals surface area (Å²) in [5.74, 6) is 0.0635. The number of aromatic nitrogens is 1. The Kier molecular flexibility index (Phi) is 4.72. The van der Waals surface area contributed by atoms with E-state index in [1.54, 1.807) is 6.20 Å². The van der Waals surface area contributed by atoms with E-state index in [1.165, 1.54) is 0 Å². The highest BCUT2D eigenvalue weighted by atomic mass is 35.5. The number of fused-ring (bicyclic) bond motifs is 1. The van der Waals surface area contributed by atoms with Crippen LogP contribution in [-0.2, 0) is 0 Å². The van der Waals surface area contributed by atoms with Crippen LogP contribution in [0, 0.1) is 6.92 Å². The first-order valence-corrected chi connectivity index (χ1v) is 9.37. The van der Waals surface area contributed by atoms with Gasteiger partial charge < -0.3 is 16.4 Å². The maximum absolute atomic E-state index is 12.8. The smallest absolute Gasteiger partial charge is 0.255 e. The van der Waals surface area contributed by atoms with Gasteiger partial charge >= 0.3 is 0 Å². The summed E-state index contributed by atoms with van der Waals surface area (Å²) in [5.41, 5.74) is 9.55. The number of nitrogen functional groups attached to an aromatic ring is 1. The molecule has 1 aromatic heterocycles. The van der Waals surface area contributed by atoms with Crippen LogP contribution >= 0.6 is 11.6 Å². The van der Waals surface area contributed by atoms with Gasteiger partial charge in [0.15, 0.2) is 0 Å². The third-order valence-corrected chi connectivity index (χ3v) is 5.37. The molecule has 3 aromatic rings. The number of anilines is 1. The van der Waals surface area contributed by atoms with E-state index in [1.807, 2.05) is 43.3 Å². The molecule has 0 aliphatic carbocycles. The van der Waals surface area contributed by atoms with E-state index in [9.17, 15) is 4.79 Å². The Bertz CT molecular complexity index is 1010. The van der Waals surface area contributed by atoms with Gasteiger partial charge in [-0.2, -0.15) is 0 Å². The molecule has 1 aliphatic heterocycles. The van der Waals surface area contributed by atoms with Crippen molar-refractivity contribution in [2.75, 3.05) is 18.8 Å². The Balaban J connectivity index is 1.78. The lowest BCUT2D eigenvalue weighted by molar-refractivity contribution is 0.0942. The molecule has 0 spiro atoms. The molecule has 0 radical (unpaired) electrons. The third kappa shape index (κ3) is 3.36. The van der Waals surface area contributed by atoms with Gasteiger partial charge in [0.1, 0.15) is 5.82 Å². The van der Waals surface area contributed by atoms with E-state index in [0.29, 0.717) is 10.6 Å². The molecule has 1 amide bonds. The quantitative estimate of drug-likeness (QED) is 0.649. The van der Waals surface area contributed by atoms with Crippen LogP contribution in [0.2, 0.25) is 5.02 Å². The maximum Gasteiger partial charge on any atom is 0.255 e. The average Bonchev–Trinajstić information content (AvgIpc) is 3.14. The standard InChI is InChI=1S/C21H21ClN4O/c1-12-3-2-4-17(22)18(12)13-5-6-16-14(9-13)10-25-20(23)19(16)21(27)26-15-7-8-24-11-15/h2-6,9-10,15,24H,7-8,11H2,1H3,(H2,23,25)(H,26,27). The number of benzene rings is 2. The largest absolute Gasteiger partial charge is 0.383 e. The maximum atomic E-state index is 12.8. The van der Waals surface area contributed by atoms with Crippen molar-refractivity contribution < 1.29 is 4.79 Å². The number of carbonyl (C=O) groups excluding carboxylic acids is 1. The van der Waals surface area contributed by atoms with Gasteiger partial charge in [0.2, 0.25) is 0 Å². The van der Waals surface area contributed by atoms with Crippen molar-refractivity contribution in [2.24, 2.45) is 0 Å². The molecular formula is C21H21ClN4O. The van der Waals surface area contributed by atoms with E-state index in [0.717, 1.165) is 47.0 Å². The number of carbonyl (C=O) groups is 1. The number of hydrogen-bond acceptors (Lipinski definition) is 4. The number of halogens is 1. The lowest BCUT2D eigenvalue weighted by atomic mass is 9.96. The molecule has 1 aliphatic rings.